The first-order chi connectivity index (χ1) is 7.61. The van der Waals surface area contributed by atoms with Crippen molar-refractivity contribution in [3.63, 3.8) is 0 Å². The van der Waals surface area contributed by atoms with Crippen LogP contribution < -0.4 is 10.6 Å². The first kappa shape index (κ1) is 12.9. The Labute approximate surface area is 103 Å². The molecule has 16 heavy (non-hydrogen) atoms. The summed E-state index contributed by atoms with van der Waals surface area (Å²) in [6.07, 6.45) is 2.89. The van der Waals surface area contributed by atoms with Gasteiger partial charge in [-0.05, 0) is 31.9 Å². The summed E-state index contributed by atoms with van der Waals surface area (Å²) in [5.74, 6) is 0.914. The molecule has 0 atom stereocenters. The SMILES string of the molecule is CCCN(CC)c1nccc(C)c1C(N)=S. The molecule has 1 heterocycles. The second kappa shape index (κ2) is 5.80. The summed E-state index contributed by atoms with van der Waals surface area (Å²) in [4.78, 5) is 7.04. The number of pyridine rings is 1. The summed E-state index contributed by atoms with van der Waals surface area (Å²) in [5, 5.41) is 0. The van der Waals surface area contributed by atoms with Crippen LogP contribution in [0.15, 0.2) is 12.3 Å². The molecule has 4 heteroatoms. The van der Waals surface area contributed by atoms with Gasteiger partial charge in [0, 0.05) is 19.3 Å². The van der Waals surface area contributed by atoms with E-state index in [1.165, 1.54) is 0 Å². The van der Waals surface area contributed by atoms with Gasteiger partial charge in [0.1, 0.15) is 10.8 Å². The third-order valence-electron chi connectivity index (χ3n) is 2.56. The van der Waals surface area contributed by atoms with Crippen LogP contribution in [0.3, 0.4) is 0 Å². The summed E-state index contributed by atoms with van der Waals surface area (Å²) in [7, 11) is 0. The van der Waals surface area contributed by atoms with Crippen molar-refractivity contribution in [2.75, 3.05) is 18.0 Å². The van der Waals surface area contributed by atoms with Crippen LogP contribution in [-0.2, 0) is 0 Å². The van der Waals surface area contributed by atoms with Crippen LogP contribution in [0.4, 0.5) is 5.82 Å². The number of rotatable bonds is 5. The van der Waals surface area contributed by atoms with E-state index in [1.54, 1.807) is 0 Å². The number of anilines is 1. The Morgan fingerprint density at radius 2 is 2.19 bits per heavy atom. The highest BCUT2D eigenvalue weighted by atomic mass is 32.1. The number of nitrogens with zero attached hydrogens (tertiary/aromatic N) is 2. The maximum atomic E-state index is 5.77. The number of hydrogen-bond donors (Lipinski definition) is 1. The summed E-state index contributed by atoms with van der Waals surface area (Å²) < 4.78 is 0. The summed E-state index contributed by atoms with van der Waals surface area (Å²) >= 11 is 5.10. The van der Waals surface area contributed by atoms with Crippen molar-refractivity contribution in [3.8, 4) is 0 Å². The Morgan fingerprint density at radius 1 is 1.50 bits per heavy atom. The normalized spacial score (nSPS) is 10.2. The average Bonchev–Trinajstić information content (AvgIpc) is 2.25. The van der Waals surface area contributed by atoms with Crippen molar-refractivity contribution >= 4 is 23.0 Å². The predicted molar refractivity (Wildman–Crippen MR) is 73.0 cm³/mol. The first-order valence-corrected chi connectivity index (χ1v) is 6.03. The molecule has 0 aliphatic heterocycles. The molecule has 0 fully saturated rings. The third kappa shape index (κ3) is 2.70. The smallest absolute Gasteiger partial charge is 0.139 e. The van der Waals surface area contributed by atoms with E-state index in [4.69, 9.17) is 18.0 Å². The molecule has 0 aromatic carbocycles. The van der Waals surface area contributed by atoms with Gasteiger partial charge in [0.05, 0.1) is 5.56 Å². The lowest BCUT2D eigenvalue weighted by atomic mass is 10.1. The minimum absolute atomic E-state index is 0.426. The van der Waals surface area contributed by atoms with Gasteiger partial charge in [-0.1, -0.05) is 19.1 Å². The molecule has 0 amide bonds. The molecule has 0 radical (unpaired) electrons. The van der Waals surface area contributed by atoms with Gasteiger partial charge < -0.3 is 10.6 Å². The molecule has 0 bridgehead atoms. The largest absolute Gasteiger partial charge is 0.389 e. The molecule has 2 N–H and O–H groups in total. The van der Waals surface area contributed by atoms with Crippen LogP contribution in [0.5, 0.6) is 0 Å². The topological polar surface area (TPSA) is 42.2 Å². The zero-order valence-corrected chi connectivity index (χ0v) is 11.0. The molecule has 1 aromatic rings. The minimum atomic E-state index is 0.426. The molecule has 88 valence electrons. The summed E-state index contributed by atoms with van der Waals surface area (Å²) in [6.45, 7) is 8.17. The fourth-order valence-electron chi connectivity index (χ4n) is 1.77. The van der Waals surface area contributed by atoms with Crippen molar-refractivity contribution in [2.45, 2.75) is 27.2 Å². The Kier molecular flexibility index (Phi) is 4.68. The monoisotopic (exact) mass is 237 g/mol. The van der Waals surface area contributed by atoms with Gasteiger partial charge in [0.15, 0.2) is 0 Å². The van der Waals surface area contributed by atoms with E-state index in [9.17, 15) is 0 Å². The fraction of sp³-hybridized carbons (Fsp3) is 0.500. The summed E-state index contributed by atoms with van der Waals surface area (Å²) in [5.41, 5.74) is 7.77. The molecular formula is C12H19N3S. The van der Waals surface area contributed by atoms with Crippen LogP contribution in [0.25, 0.3) is 0 Å². The van der Waals surface area contributed by atoms with E-state index in [0.717, 1.165) is 36.5 Å². The number of aryl methyl sites for hydroxylation is 1. The Hall–Kier alpha value is -1.16. The standard InChI is InChI=1S/C12H19N3S/c1-4-8-15(5-2)12-10(11(13)16)9(3)6-7-14-12/h6-7H,4-5,8H2,1-3H3,(H2,13,16). The van der Waals surface area contributed by atoms with E-state index in [-0.39, 0.29) is 0 Å². The molecule has 0 aliphatic rings. The third-order valence-corrected chi connectivity index (χ3v) is 2.76. The van der Waals surface area contributed by atoms with Crippen molar-refractivity contribution in [1.29, 1.82) is 0 Å². The van der Waals surface area contributed by atoms with E-state index in [0.29, 0.717) is 4.99 Å². The lowest BCUT2D eigenvalue weighted by Gasteiger charge is -2.24. The van der Waals surface area contributed by atoms with Gasteiger partial charge in [0.25, 0.3) is 0 Å². The molecule has 0 aliphatic carbocycles. The van der Waals surface area contributed by atoms with Crippen LogP contribution >= 0.6 is 12.2 Å². The Balaban J connectivity index is 3.20. The van der Waals surface area contributed by atoms with Crippen LogP contribution in [-0.4, -0.2) is 23.1 Å². The summed E-state index contributed by atoms with van der Waals surface area (Å²) in [6, 6.07) is 1.94. The van der Waals surface area contributed by atoms with Gasteiger partial charge in [0.2, 0.25) is 0 Å². The zero-order chi connectivity index (χ0) is 12.1. The molecule has 0 unspecified atom stereocenters. The highest BCUT2D eigenvalue weighted by Crippen LogP contribution is 2.20. The van der Waals surface area contributed by atoms with E-state index in [2.05, 4.69) is 23.7 Å². The molecule has 1 aromatic heterocycles. The van der Waals surface area contributed by atoms with Gasteiger partial charge >= 0.3 is 0 Å². The number of aromatic nitrogens is 1. The average molecular weight is 237 g/mol. The van der Waals surface area contributed by atoms with Gasteiger partial charge in [-0.2, -0.15) is 0 Å². The maximum Gasteiger partial charge on any atom is 0.139 e. The van der Waals surface area contributed by atoms with Gasteiger partial charge in [-0.15, -0.1) is 0 Å². The lowest BCUT2D eigenvalue weighted by molar-refractivity contribution is 0.777. The second-order valence-corrected chi connectivity index (χ2v) is 4.21. The Morgan fingerprint density at radius 3 is 2.69 bits per heavy atom. The molecule has 0 saturated heterocycles. The quantitative estimate of drug-likeness (QED) is 0.798. The second-order valence-electron chi connectivity index (χ2n) is 3.77. The Bertz CT molecular complexity index is 377. The highest BCUT2D eigenvalue weighted by Gasteiger charge is 2.14. The number of thiocarbonyl (C=S) groups is 1. The van der Waals surface area contributed by atoms with Gasteiger partial charge in [-0.25, -0.2) is 4.98 Å². The van der Waals surface area contributed by atoms with Crippen LogP contribution in [0.1, 0.15) is 31.4 Å². The van der Waals surface area contributed by atoms with Crippen molar-refractivity contribution in [1.82, 2.24) is 4.98 Å². The molecular weight excluding hydrogens is 218 g/mol. The van der Waals surface area contributed by atoms with Crippen molar-refractivity contribution < 1.29 is 0 Å². The first-order valence-electron chi connectivity index (χ1n) is 5.62. The predicted octanol–water partition coefficient (Wildman–Crippen LogP) is 2.26. The van der Waals surface area contributed by atoms with E-state index >= 15 is 0 Å². The maximum absolute atomic E-state index is 5.77. The van der Waals surface area contributed by atoms with Crippen LogP contribution in [0, 0.1) is 6.92 Å². The molecule has 1 rings (SSSR count). The van der Waals surface area contributed by atoms with Crippen molar-refractivity contribution in [2.24, 2.45) is 5.73 Å². The van der Waals surface area contributed by atoms with E-state index < -0.39 is 0 Å². The molecule has 0 saturated carbocycles. The lowest BCUT2D eigenvalue weighted by Crippen LogP contribution is -2.28. The van der Waals surface area contributed by atoms with Gasteiger partial charge in [-0.3, -0.25) is 0 Å². The zero-order valence-electron chi connectivity index (χ0n) is 10.2. The van der Waals surface area contributed by atoms with E-state index in [1.807, 2.05) is 19.2 Å². The fourth-order valence-corrected chi connectivity index (χ4v) is 2.02. The van der Waals surface area contributed by atoms with Crippen LogP contribution in [0.2, 0.25) is 0 Å². The number of nitrogens with two attached hydrogens (primary N) is 1. The highest BCUT2D eigenvalue weighted by molar-refractivity contribution is 7.80. The molecule has 0 spiro atoms. The van der Waals surface area contributed by atoms with Crippen molar-refractivity contribution in [3.05, 3.63) is 23.4 Å². The number of hydrogen-bond acceptors (Lipinski definition) is 3. The molecule has 3 nitrogen and oxygen atoms in total. The minimum Gasteiger partial charge on any atom is -0.389 e.